The molecule has 126 valence electrons. The lowest BCUT2D eigenvalue weighted by Gasteiger charge is -2.21. The Balaban J connectivity index is 2.19. The van der Waals surface area contributed by atoms with Crippen molar-refractivity contribution in [1.82, 2.24) is 5.32 Å². The van der Waals surface area contributed by atoms with Gasteiger partial charge in [-0.25, -0.2) is 4.79 Å². The van der Waals surface area contributed by atoms with Crippen molar-refractivity contribution < 1.29 is 37.3 Å². The Hall–Kier alpha value is -1.97. The van der Waals surface area contributed by atoms with Gasteiger partial charge in [0.25, 0.3) is 5.91 Å². The Morgan fingerprint density at radius 1 is 1.30 bits per heavy atom. The van der Waals surface area contributed by atoms with E-state index < -0.39 is 30.5 Å². The Bertz CT molecular complexity index is 635. The van der Waals surface area contributed by atoms with Crippen LogP contribution in [-0.2, 0) is 4.79 Å². The first kappa shape index (κ1) is 17.4. The van der Waals surface area contributed by atoms with Gasteiger partial charge >= 0.3 is 12.1 Å². The van der Waals surface area contributed by atoms with Gasteiger partial charge in [-0.3, -0.25) is 4.79 Å². The molecule has 0 saturated heterocycles. The molecule has 1 aromatic carbocycles. The highest BCUT2D eigenvalue weighted by atomic mass is 79.9. The Kier molecular flexibility index (Phi) is 5.03. The summed E-state index contributed by atoms with van der Waals surface area (Å²) in [6, 6.07) is 0.519. The number of benzene rings is 1. The number of amides is 1. The van der Waals surface area contributed by atoms with E-state index in [9.17, 15) is 22.8 Å². The van der Waals surface area contributed by atoms with Crippen LogP contribution >= 0.6 is 15.9 Å². The molecule has 2 rings (SSSR count). The van der Waals surface area contributed by atoms with Crippen molar-refractivity contribution in [3.05, 3.63) is 22.2 Å². The highest BCUT2D eigenvalue weighted by Gasteiger charge is 2.36. The smallest absolute Gasteiger partial charge is 0.391 e. The number of rotatable bonds is 4. The summed E-state index contributed by atoms with van der Waals surface area (Å²) in [7, 11) is 0. The van der Waals surface area contributed by atoms with Gasteiger partial charge in [0.1, 0.15) is 19.3 Å². The molecule has 0 bridgehead atoms. The zero-order valence-corrected chi connectivity index (χ0v) is 13.0. The first-order chi connectivity index (χ1) is 10.7. The Morgan fingerprint density at radius 2 is 1.96 bits per heavy atom. The van der Waals surface area contributed by atoms with E-state index in [2.05, 4.69) is 15.9 Å². The molecule has 2 N–H and O–H groups in total. The maximum atomic E-state index is 12.3. The minimum Gasteiger partial charge on any atom is -0.486 e. The highest BCUT2D eigenvalue weighted by Crippen LogP contribution is 2.38. The first-order valence-electron chi connectivity index (χ1n) is 6.37. The molecular weight excluding hydrogens is 387 g/mol. The van der Waals surface area contributed by atoms with Gasteiger partial charge in [0.05, 0.1) is 10.9 Å². The maximum absolute atomic E-state index is 12.3. The molecule has 1 aromatic rings. The predicted octanol–water partition coefficient (Wildman–Crippen LogP) is 2.36. The lowest BCUT2D eigenvalue weighted by Crippen LogP contribution is -2.43. The molecular formula is C13H11BrF3NO5. The van der Waals surface area contributed by atoms with E-state index in [-0.39, 0.29) is 17.9 Å². The lowest BCUT2D eigenvalue weighted by atomic mass is 10.1. The van der Waals surface area contributed by atoms with Crippen LogP contribution in [0.5, 0.6) is 11.5 Å². The van der Waals surface area contributed by atoms with Crippen molar-refractivity contribution in [3.8, 4) is 11.5 Å². The molecule has 1 amide bonds. The number of ether oxygens (including phenoxy) is 2. The van der Waals surface area contributed by atoms with E-state index in [1.165, 1.54) is 12.1 Å². The lowest BCUT2D eigenvalue weighted by molar-refractivity contribution is -0.157. The summed E-state index contributed by atoms with van der Waals surface area (Å²) in [5, 5.41) is 10.7. The molecule has 0 saturated carbocycles. The quantitative estimate of drug-likeness (QED) is 0.814. The van der Waals surface area contributed by atoms with Gasteiger partial charge < -0.3 is 19.9 Å². The minimum absolute atomic E-state index is 0.0467. The second kappa shape index (κ2) is 6.65. The van der Waals surface area contributed by atoms with Crippen LogP contribution < -0.4 is 14.8 Å². The molecule has 1 aliphatic heterocycles. The molecule has 0 spiro atoms. The monoisotopic (exact) mass is 397 g/mol. The number of hydrogen-bond acceptors (Lipinski definition) is 4. The van der Waals surface area contributed by atoms with Crippen molar-refractivity contribution in [2.75, 3.05) is 13.2 Å². The molecule has 1 atom stereocenters. The third-order valence-electron chi connectivity index (χ3n) is 2.90. The van der Waals surface area contributed by atoms with Gasteiger partial charge in [0.15, 0.2) is 11.5 Å². The van der Waals surface area contributed by atoms with E-state index in [1.807, 2.05) is 5.32 Å². The molecule has 6 nitrogen and oxygen atoms in total. The van der Waals surface area contributed by atoms with Crippen LogP contribution in [0.1, 0.15) is 16.8 Å². The third-order valence-corrected chi connectivity index (χ3v) is 3.49. The number of alkyl halides is 3. The van der Waals surface area contributed by atoms with Crippen LogP contribution in [0.3, 0.4) is 0 Å². The second-order valence-corrected chi connectivity index (χ2v) is 5.52. The average Bonchev–Trinajstić information content (AvgIpc) is 2.45. The molecule has 0 aromatic heterocycles. The fourth-order valence-corrected chi connectivity index (χ4v) is 2.47. The van der Waals surface area contributed by atoms with E-state index in [4.69, 9.17) is 14.6 Å². The number of carbonyl (C=O) groups is 2. The maximum Gasteiger partial charge on any atom is 0.391 e. The summed E-state index contributed by atoms with van der Waals surface area (Å²) < 4.78 is 48.1. The van der Waals surface area contributed by atoms with Gasteiger partial charge in [0, 0.05) is 5.56 Å². The second-order valence-electron chi connectivity index (χ2n) is 4.67. The van der Waals surface area contributed by atoms with E-state index in [0.717, 1.165) is 0 Å². The fraction of sp³-hybridized carbons (Fsp3) is 0.385. The van der Waals surface area contributed by atoms with Crippen LogP contribution in [0.25, 0.3) is 0 Å². The topological polar surface area (TPSA) is 84.9 Å². The largest absolute Gasteiger partial charge is 0.486 e. The first-order valence-corrected chi connectivity index (χ1v) is 7.16. The third kappa shape index (κ3) is 4.50. The van der Waals surface area contributed by atoms with Crippen LogP contribution in [0, 0.1) is 0 Å². The number of carboxylic acids is 1. The summed E-state index contributed by atoms with van der Waals surface area (Å²) in [6.07, 6.45) is -6.39. The van der Waals surface area contributed by atoms with Gasteiger partial charge in [-0.1, -0.05) is 0 Å². The minimum atomic E-state index is -4.72. The number of halogens is 4. The predicted molar refractivity (Wildman–Crippen MR) is 74.7 cm³/mol. The number of aliphatic carboxylic acids is 1. The molecule has 1 aliphatic rings. The van der Waals surface area contributed by atoms with Crippen molar-refractivity contribution in [3.63, 3.8) is 0 Å². The van der Waals surface area contributed by atoms with Gasteiger partial charge in [-0.2, -0.15) is 13.2 Å². The van der Waals surface area contributed by atoms with Crippen molar-refractivity contribution >= 4 is 27.8 Å². The van der Waals surface area contributed by atoms with Crippen molar-refractivity contribution in [2.24, 2.45) is 0 Å². The molecule has 23 heavy (non-hydrogen) atoms. The zero-order chi connectivity index (χ0) is 17.2. The van der Waals surface area contributed by atoms with Gasteiger partial charge in [0.2, 0.25) is 0 Å². The summed E-state index contributed by atoms with van der Waals surface area (Å²) in [4.78, 5) is 22.9. The van der Waals surface area contributed by atoms with Crippen molar-refractivity contribution in [2.45, 2.75) is 18.6 Å². The molecule has 0 radical (unpaired) electrons. The standard InChI is InChI=1S/C13H11BrF3NO5/c14-7-3-6(4-9-10(7)23-2-1-22-9)11(19)18-8(12(20)21)5-13(15,16)17/h3-4,8H,1-2,5H2,(H,18,19)(H,20,21). The number of hydrogen-bond donors (Lipinski definition) is 2. The van der Waals surface area contributed by atoms with Crippen LogP contribution in [0.2, 0.25) is 0 Å². The summed E-state index contributed by atoms with van der Waals surface area (Å²) in [5.41, 5.74) is -0.0467. The Labute approximate surface area is 136 Å². The summed E-state index contributed by atoms with van der Waals surface area (Å²) in [5.74, 6) is -2.11. The fourth-order valence-electron chi connectivity index (χ4n) is 1.92. The van der Waals surface area contributed by atoms with Gasteiger partial charge in [-0.05, 0) is 28.1 Å². The summed E-state index contributed by atoms with van der Waals surface area (Å²) >= 11 is 3.16. The number of fused-ring (bicyclic) bond motifs is 1. The van der Waals surface area contributed by atoms with Gasteiger partial charge in [-0.15, -0.1) is 0 Å². The Morgan fingerprint density at radius 3 is 2.57 bits per heavy atom. The summed E-state index contributed by atoms with van der Waals surface area (Å²) in [6.45, 7) is 0.583. The molecule has 1 unspecified atom stereocenters. The van der Waals surface area contributed by atoms with Crippen LogP contribution in [0.15, 0.2) is 16.6 Å². The van der Waals surface area contributed by atoms with E-state index in [1.54, 1.807) is 0 Å². The zero-order valence-electron chi connectivity index (χ0n) is 11.4. The van der Waals surface area contributed by atoms with E-state index >= 15 is 0 Å². The highest BCUT2D eigenvalue weighted by molar-refractivity contribution is 9.10. The van der Waals surface area contributed by atoms with E-state index in [0.29, 0.717) is 16.8 Å². The van der Waals surface area contributed by atoms with Crippen LogP contribution in [-0.4, -0.2) is 42.4 Å². The average molecular weight is 398 g/mol. The number of carbonyl (C=O) groups excluding carboxylic acids is 1. The molecule has 0 fully saturated rings. The SMILES string of the molecule is O=C(NC(CC(F)(F)F)C(=O)O)c1cc(Br)c2c(c1)OCCO2. The number of nitrogens with one attached hydrogen (secondary N) is 1. The molecule has 10 heteroatoms. The van der Waals surface area contributed by atoms with Crippen molar-refractivity contribution in [1.29, 1.82) is 0 Å². The normalized spacial score (nSPS) is 15.0. The molecule has 1 heterocycles. The number of carboxylic acid groups (broad SMARTS) is 1. The van der Waals surface area contributed by atoms with Crippen LogP contribution in [0.4, 0.5) is 13.2 Å². The molecule has 0 aliphatic carbocycles.